The predicted octanol–water partition coefficient (Wildman–Crippen LogP) is 8.67. The van der Waals surface area contributed by atoms with Gasteiger partial charge in [0.15, 0.2) is 0 Å². The number of unbranched alkanes of at least 4 members (excludes halogenated alkanes) is 1. The van der Waals surface area contributed by atoms with Crippen LogP contribution in [0.15, 0.2) is 46.6 Å². The van der Waals surface area contributed by atoms with Crippen LogP contribution in [0.25, 0.3) is 0 Å². The molecule has 1 heteroatoms. The average molecular weight is 373 g/mol. The summed E-state index contributed by atoms with van der Waals surface area (Å²) in [5, 5.41) is 0. The van der Waals surface area contributed by atoms with Crippen LogP contribution in [-0.4, -0.2) is 5.78 Å². The van der Waals surface area contributed by atoms with Gasteiger partial charge in [-0.1, -0.05) is 59.9 Å². The Morgan fingerprint density at radius 3 is 1.41 bits per heavy atom. The molecular weight excluding hydrogens is 328 g/mol. The highest BCUT2D eigenvalue weighted by atomic mass is 16.1. The molecule has 0 radical (unpaired) electrons. The van der Waals surface area contributed by atoms with Gasteiger partial charge in [0.05, 0.1) is 0 Å². The lowest BCUT2D eigenvalue weighted by atomic mass is 10.0. The highest BCUT2D eigenvalue weighted by Crippen LogP contribution is 2.14. The lowest BCUT2D eigenvalue weighted by Crippen LogP contribution is -1.96. The second kappa shape index (κ2) is 16.8. The third kappa shape index (κ3) is 17.8. The molecule has 0 amide bonds. The van der Waals surface area contributed by atoms with E-state index in [2.05, 4.69) is 65.8 Å². The van der Waals surface area contributed by atoms with Gasteiger partial charge in [0.1, 0.15) is 5.78 Å². The Labute approximate surface area is 169 Å². The van der Waals surface area contributed by atoms with Crippen molar-refractivity contribution >= 4 is 5.78 Å². The van der Waals surface area contributed by atoms with Crippen LogP contribution in [0.4, 0.5) is 0 Å². The van der Waals surface area contributed by atoms with E-state index >= 15 is 0 Å². The number of hydrogen-bond donors (Lipinski definition) is 0. The third-order valence-electron chi connectivity index (χ3n) is 4.88. The fourth-order valence-electron chi connectivity index (χ4n) is 2.97. The van der Waals surface area contributed by atoms with Crippen molar-refractivity contribution < 1.29 is 4.79 Å². The van der Waals surface area contributed by atoms with E-state index in [1.807, 2.05) is 0 Å². The quantitative estimate of drug-likeness (QED) is 0.263. The lowest BCUT2D eigenvalue weighted by molar-refractivity contribution is -0.119. The van der Waals surface area contributed by atoms with Gasteiger partial charge in [0, 0.05) is 12.8 Å². The lowest BCUT2D eigenvalue weighted by Gasteiger charge is -2.03. The largest absolute Gasteiger partial charge is 0.300 e. The molecule has 0 aromatic rings. The predicted molar refractivity (Wildman–Crippen MR) is 122 cm³/mol. The van der Waals surface area contributed by atoms with Gasteiger partial charge in [-0.25, -0.2) is 0 Å². The molecule has 154 valence electrons. The van der Waals surface area contributed by atoms with Gasteiger partial charge in [-0.2, -0.15) is 0 Å². The Kier molecular flexibility index (Phi) is 15.9. The van der Waals surface area contributed by atoms with E-state index in [-0.39, 0.29) is 0 Å². The number of carbonyl (C=O) groups excluding carboxylic acids is 1. The van der Waals surface area contributed by atoms with Crippen molar-refractivity contribution in [3.8, 4) is 0 Å². The SMILES string of the molecule is CCCCC(=O)CC/C=C(\C)CC/C=C(\C)CC/C=C(\C)CCC=C(C)C. The van der Waals surface area contributed by atoms with E-state index in [9.17, 15) is 4.79 Å². The van der Waals surface area contributed by atoms with Crippen molar-refractivity contribution in [2.75, 3.05) is 0 Å². The smallest absolute Gasteiger partial charge is 0.133 e. The van der Waals surface area contributed by atoms with Gasteiger partial charge in [-0.15, -0.1) is 0 Å². The molecule has 0 spiro atoms. The van der Waals surface area contributed by atoms with E-state index in [0.717, 1.165) is 57.8 Å². The number of allylic oxidation sites excluding steroid dienone is 8. The summed E-state index contributed by atoms with van der Waals surface area (Å²) in [7, 11) is 0. The molecule has 0 saturated heterocycles. The summed E-state index contributed by atoms with van der Waals surface area (Å²) in [6.07, 6.45) is 20.8. The Morgan fingerprint density at radius 2 is 1.00 bits per heavy atom. The van der Waals surface area contributed by atoms with E-state index in [1.54, 1.807) is 0 Å². The standard InChI is InChI=1S/C26H44O/c1-7-8-20-26(27)21-12-19-25(6)18-11-17-24(5)16-10-15-23(4)14-9-13-22(2)3/h13,15,17,19H,7-12,14,16,18,20-21H2,1-6H3/b23-15+,24-17+,25-19+. The zero-order chi connectivity index (χ0) is 20.5. The summed E-state index contributed by atoms with van der Waals surface area (Å²) < 4.78 is 0. The molecule has 0 aliphatic rings. The number of carbonyl (C=O) groups is 1. The Balaban J connectivity index is 3.98. The molecule has 0 saturated carbocycles. The summed E-state index contributed by atoms with van der Waals surface area (Å²) in [5.41, 5.74) is 5.82. The van der Waals surface area contributed by atoms with Crippen molar-refractivity contribution in [3.05, 3.63) is 46.6 Å². The minimum Gasteiger partial charge on any atom is -0.300 e. The molecule has 0 unspecified atom stereocenters. The molecule has 0 aromatic heterocycles. The molecule has 0 aliphatic heterocycles. The van der Waals surface area contributed by atoms with Gasteiger partial charge in [0.2, 0.25) is 0 Å². The summed E-state index contributed by atoms with van der Waals surface area (Å²) in [6.45, 7) is 13.2. The minimum atomic E-state index is 0.417. The van der Waals surface area contributed by atoms with Crippen molar-refractivity contribution in [2.45, 2.75) is 112 Å². The summed E-state index contributed by atoms with van der Waals surface area (Å²) in [5.74, 6) is 0.417. The summed E-state index contributed by atoms with van der Waals surface area (Å²) >= 11 is 0. The molecule has 0 fully saturated rings. The van der Waals surface area contributed by atoms with Crippen molar-refractivity contribution in [1.82, 2.24) is 0 Å². The highest BCUT2D eigenvalue weighted by Gasteiger charge is 1.99. The second-order valence-corrected chi connectivity index (χ2v) is 8.23. The van der Waals surface area contributed by atoms with Crippen LogP contribution in [0, 0.1) is 0 Å². The number of hydrogen-bond acceptors (Lipinski definition) is 1. The van der Waals surface area contributed by atoms with Crippen LogP contribution in [0.2, 0.25) is 0 Å². The minimum absolute atomic E-state index is 0.417. The van der Waals surface area contributed by atoms with Gasteiger partial charge in [-0.05, 0) is 86.0 Å². The van der Waals surface area contributed by atoms with Crippen LogP contribution in [-0.2, 0) is 4.79 Å². The van der Waals surface area contributed by atoms with Crippen LogP contribution in [0.1, 0.15) is 112 Å². The van der Waals surface area contributed by atoms with Crippen LogP contribution >= 0.6 is 0 Å². The maximum atomic E-state index is 11.7. The van der Waals surface area contributed by atoms with Crippen LogP contribution in [0.5, 0.6) is 0 Å². The molecule has 0 atom stereocenters. The molecule has 0 rings (SSSR count). The normalized spacial score (nSPS) is 13.0. The highest BCUT2D eigenvalue weighted by molar-refractivity contribution is 5.78. The van der Waals surface area contributed by atoms with Gasteiger partial charge in [0.25, 0.3) is 0 Å². The molecule has 0 heterocycles. The fraction of sp³-hybridized carbons (Fsp3) is 0.654. The van der Waals surface area contributed by atoms with Gasteiger partial charge in [-0.3, -0.25) is 4.79 Å². The first-order valence-electron chi connectivity index (χ1n) is 11.0. The molecule has 0 bridgehead atoms. The number of Topliss-reactive ketones (excluding diaryl/α,β-unsaturated/α-hetero) is 1. The Morgan fingerprint density at radius 1 is 0.593 bits per heavy atom. The molecule has 27 heavy (non-hydrogen) atoms. The topological polar surface area (TPSA) is 17.1 Å². The maximum absolute atomic E-state index is 11.7. The number of ketones is 1. The average Bonchev–Trinajstić information content (AvgIpc) is 2.59. The monoisotopic (exact) mass is 372 g/mol. The van der Waals surface area contributed by atoms with Crippen molar-refractivity contribution in [1.29, 1.82) is 0 Å². The van der Waals surface area contributed by atoms with Crippen LogP contribution in [0.3, 0.4) is 0 Å². The Hall–Kier alpha value is -1.37. The molecular formula is C26H44O. The van der Waals surface area contributed by atoms with E-state index in [4.69, 9.17) is 0 Å². The van der Waals surface area contributed by atoms with Crippen LogP contribution < -0.4 is 0 Å². The first-order chi connectivity index (χ1) is 12.8. The Bertz CT molecular complexity index is 524. The third-order valence-corrected chi connectivity index (χ3v) is 4.88. The molecule has 0 N–H and O–H groups in total. The zero-order valence-corrected chi connectivity index (χ0v) is 19.0. The van der Waals surface area contributed by atoms with Crippen molar-refractivity contribution in [2.24, 2.45) is 0 Å². The van der Waals surface area contributed by atoms with Crippen molar-refractivity contribution in [3.63, 3.8) is 0 Å². The summed E-state index contributed by atoms with van der Waals surface area (Å²) in [6, 6.07) is 0. The molecule has 1 nitrogen and oxygen atoms in total. The fourth-order valence-corrected chi connectivity index (χ4v) is 2.97. The first kappa shape index (κ1) is 25.6. The number of rotatable bonds is 15. The van der Waals surface area contributed by atoms with E-state index in [0.29, 0.717) is 12.2 Å². The van der Waals surface area contributed by atoms with E-state index < -0.39 is 0 Å². The van der Waals surface area contributed by atoms with Gasteiger partial charge < -0.3 is 0 Å². The first-order valence-corrected chi connectivity index (χ1v) is 11.0. The molecule has 0 aromatic carbocycles. The van der Waals surface area contributed by atoms with E-state index in [1.165, 1.54) is 28.7 Å². The van der Waals surface area contributed by atoms with Gasteiger partial charge >= 0.3 is 0 Å². The maximum Gasteiger partial charge on any atom is 0.133 e. The zero-order valence-electron chi connectivity index (χ0n) is 19.0. The second-order valence-electron chi connectivity index (χ2n) is 8.23. The molecule has 0 aliphatic carbocycles. The summed E-state index contributed by atoms with van der Waals surface area (Å²) in [4.78, 5) is 11.7.